The Morgan fingerprint density at radius 1 is 1.33 bits per heavy atom. The van der Waals surface area contributed by atoms with E-state index in [4.69, 9.17) is 5.73 Å². The molecule has 0 aromatic rings. The largest absolute Gasteiger partial charge is 0.338 e. The third-order valence-electron chi connectivity index (χ3n) is 2.12. The van der Waals surface area contributed by atoms with Gasteiger partial charge in [-0.1, -0.05) is 0 Å². The van der Waals surface area contributed by atoms with Gasteiger partial charge >= 0.3 is 0 Å². The van der Waals surface area contributed by atoms with Crippen LogP contribution in [0.3, 0.4) is 0 Å². The molecule has 1 rings (SSSR count). The van der Waals surface area contributed by atoms with Crippen LogP contribution in [-0.2, 0) is 4.79 Å². The van der Waals surface area contributed by atoms with Crippen LogP contribution < -0.4 is 5.73 Å². The summed E-state index contributed by atoms with van der Waals surface area (Å²) in [5.41, 5.74) is 5.43. The average Bonchev–Trinajstić information content (AvgIpc) is 2.09. The predicted octanol–water partition coefficient (Wildman–Crippen LogP) is -1.63. The number of nitrogens with zero attached hydrogens (tertiary/aromatic N) is 2. The maximum atomic E-state index is 10.1. The van der Waals surface area contributed by atoms with Gasteiger partial charge in [0.2, 0.25) is 0 Å². The molecule has 1 radical (unpaired) electrons. The maximum Gasteiger partial charge on any atom is 0.293 e. The maximum absolute atomic E-state index is 10.1. The zero-order valence-electron chi connectivity index (χ0n) is 7.28. The molecule has 0 amide bonds. The monoisotopic (exact) mass is 168 g/mol. The molecule has 1 heterocycles. The van der Waals surface area contributed by atoms with Gasteiger partial charge < -0.3 is 15.3 Å². The molecule has 0 atom stereocenters. The van der Waals surface area contributed by atoms with Crippen molar-refractivity contribution < 1.29 is 4.79 Å². The van der Waals surface area contributed by atoms with Crippen LogP contribution in [0.25, 0.3) is 0 Å². The molecule has 1 saturated heterocycles. The predicted molar refractivity (Wildman–Crippen MR) is 49.6 cm³/mol. The van der Waals surface area contributed by atoms with Crippen LogP contribution in [0, 0.1) is 0 Å². The second-order valence-corrected chi connectivity index (χ2v) is 2.95. The van der Waals surface area contributed by atoms with Gasteiger partial charge in [-0.15, -0.1) is 0 Å². The summed E-state index contributed by atoms with van der Waals surface area (Å²) in [5.74, 6) is 0. The highest BCUT2D eigenvalue weighted by atomic mass is 16.1. The van der Waals surface area contributed by atoms with Crippen molar-refractivity contribution in [2.75, 3.05) is 39.3 Å². The summed E-state index contributed by atoms with van der Waals surface area (Å²) < 4.78 is 0. The smallest absolute Gasteiger partial charge is 0.293 e. The minimum atomic E-state index is 0.720. The minimum Gasteiger partial charge on any atom is -0.338 e. The fourth-order valence-corrected chi connectivity index (χ4v) is 1.40. The molecule has 0 saturated carbocycles. The van der Waals surface area contributed by atoms with E-state index >= 15 is 0 Å². The topological polar surface area (TPSA) is 49.6 Å². The number of carbonyl (C=O) groups excluding carboxylic acids is 1. The van der Waals surface area contributed by atoms with Gasteiger partial charge in [0.05, 0.1) is 6.19 Å². The van der Waals surface area contributed by atoms with Crippen LogP contribution in [0.4, 0.5) is 0 Å². The molecule has 0 aromatic carbocycles. The van der Waals surface area contributed by atoms with E-state index in [-0.39, 0.29) is 0 Å². The van der Waals surface area contributed by atoms with Gasteiger partial charge in [0, 0.05) is 39.3 Å². The van der Waals surface area contributed by atoms with E-state index in [1.54, 1.807) is 7.41 Å². The quantitative estimate of drug-likeness (QED) is 0.404. The van der Waals surface area contributed by atoms with Crippen LogP contribution in [0.5, 0.6) is 0 Å². The molecule has 0 spiro atoms. The molecule has 1 fully saturated rings. The van der Waals surface area contributed by atoms with Gasteiger partial charge in [-0.05, 0) is 0 Å². The lowest BCUT2D eigenvalue weighted by atomic mass is 9.93. The Bertz CT molecular complexity index is 137. The highest BCUT2D eigenvalue weighted by molar-refractivity contribution is 6.64. The van der Waals surface area contributed by atoms with Gasteiger partial charge in [-0.2, -0.15) is 0 Å². The van der Waals surface area contributed by atoms with E-state index in [2.05, 4.69) is 4.90 Å². The van der Waals surface area contributed by atoms with Crippen molar-refractivity contribution in [2.45, 2.75) is 0 Å². The van der Waals surface area contributed by atoms with Crippen LogP contribution in [0.1, 0.15) is 0 Å². The molecule has 67 valence electrons. The standard InChI is InChI=1S/C7H15BN3O/c9-1-2-10-3-5-11(6-4-10)8-7-12/h7H,1-6,9H2. The molecule has 0 aromatic heterocycles. The lowest BCUT2D eigenvalue weighted by Gasteiger charge is -2.33. The SMILES string of the molecule is NCCN1CCN([B]C=O)CC1. The van der Waals surface area contributed by atoms with Crippen molar-refractivity contribution in [1.29, 1.82) is 0 Å². The van der Waals surface area contributed by atoms with Crippen LogP contribution in [-0.4, -0.2) is 62.6 Å². The van der Waals surface area contributed by atoms with Crippen LogP contribution >= 0.6 is 0 Å². The lowest BCUT2D eigenvalue weighted by Crippen LogP contribution is -2.49. The molecule has 0 unspecified atom stereocenters. The third kappa shape index (κ3) is 2.93. The first-order valence-electron chi connectivity index (χ1n) is 4.32. The number of piperazine rings is 1. The van der Waals surface area contributed by atoms with E-state index in [9.17, 15) is 4.79 Å². The molecule has 4 nitrogen and oxygen atoms in total. The van der Waals surface area contributed by atoms with Gasteiger partial charge in [-0.25, -0.2) is 0 Å². The summed E-state index contributed by atoms with van der Waals surface area (Å²) in [6, 6.07) is 0. The Hall–Kier alpha value is -0.385. The number of hydrogen-bond acceptors (Lipinski definition) is 4. The zero-order valence-corrected chi connectivity index (χ0v) is 7.28. The highest BCUT2D eigenvalue weighted by Gasteiger charge is 2.15. The van der Waals surface area contributed by atoms with Crippen LogP contribution in [0.15, 0.2) is 0 Å². The molecule has 1 aliphatic rings. The van der Waals surface area contributed by atoms with Gasteiger partial charge in [0.1, 0.15) is 0 Å². The normalized spacial score (nSPS) is 20.8. The lowest BCUT2D eigenvalue weighted by molar-refractivity contribution is 0.194. The average molecular weight is 168 g/mol. The summed E-state index contributed by atoms with van der Waals surface area (Å²) in [6.07, 6.45) is 0.846. The Balaban J connectivity index is 2.15. The zero-order chi connectivity index (χ0) is 8.81. The summed E-state index contributed by atoms with van der Waals surface area (Å²) in [6.45, 7) is 5.60. The Morgan fingerprint density at radius 3 is 2.50 bits per heavy atom. The number of hydrogen-bond donors (Lipinski definition) is 1. The van der Waals surface area contributed by atoms with Crippen molar-refractivity contribution in [3.8, 4) is 0 Å². The van der Waals surface area contributed by atoms with Crippen molar-refractivity contribution in [3.05, 3.63) is 0 Å². The van der Waals surface area contributed by atoms with E-state index in [1.165, 1.54) is 0 Å². The molecular weight excluding hydrogens is 153 g/mol. The summed E-state index contributed by atoms with van der Waals surface area (Å²) in [7, 11) is 1.61. The summed E-state index contributed by atoms with van der Waals surface area (Å²) in [5, 5.41) is 0. The number of rotatable bonds is 4. The molecule has 2 N–H and O–H groups in total. The first-order chi connectivity index (χ1) is 5.86. The highest BCUT2D eigenvalue weighted by Crippen LogP contribution is 1.97. The van der Waals surface area contributed by atoms with Crippen molar-refractivity contribution in [2.24, 2.45) is 5.73 Å². The van der Waals surface area contributed by atoms with Crippen molar-refractivity contribution in [1.82, 2.24) is 9.71 Å². The van der Waals surface area contributed by atoms with Gasteiger partial charge in [-0.3, -0.25) is 4.90 Å². The van der Waals surface area contributed by atoms with E-state index < -0.39 is 0 Å². The van der Waals surface area contributed by atoms with E-state index in [1.807, 2.05) is 4.81 Å². The van der Waals surface area contributed by atoms with Crippen molar-refractivity contribution in [3.63, 3.8) is 0 Å². The van der Waals surface area contributed by atoms with Gasteiger partial charge in [0.15, 0.2) is 0 Å². The minimum absolute atomic E-state index is 0.720. The third-order valence-corrected chi connectivity index (χ3v) is 2.12. The number of nitrogens with two attached hydrogens (primary N) is 1. The summed E-state index contributed by atoms with van der Waals surface area (Å²) in [4.78, 5) is 14.5. The second kappa shape index (κ2) is 5.29. The van der Waals surface area contributed by atoms with Crippen LogP contribution in [0.2, 0.25) is 0 Å². The number of carbonyl (C=O) groups is 1. The first kappa shape index (κ1) is 9.70. The summed E-state index contributed by atoms with van der Waals surface area (Å²) >= 11 is 0. The fourth-order valence-electron chi connectivity index (χ4n) is 1.40. The second-order valence-electron chi connectivity index (χ2n) is 2.95. The van der Waals surface area contributed by atoms with Crippen molar-refractivity contribution >= 4 is 13.6 Å². The van der Waals surface area contributed by atoms with E-state index in [0.717, 1.165) is 45.5 Å². The fraction of sp³-hybridized carbons (Fsp3) is 0.857. The molecule has 0 bridgehead atoms. The molecule has 12 heavy (non-hydrogen) atoms. The van der Waals surface area contributed by atoms with Gasteiger partial charge in [0.25, 0.3) is 7.41 Å². The molecular formula is C7H15BN3O. The molecule has 1 aliphatic heterocycles. The van der Waals surface area contributed by atoms with E-state index in [0.29, 0.717) is 0 Å². The molecule has 0 aliphatic carbocycles. The Kier molecular flexibility index (Phi) is 4.28. The Labute approximate surface area is 74.0 Å². The Morgan fingerprint density at radius 2 is 2.00 bits per heavy atom. The molecule has 5 heteroatoms. The first-order valence-corrected chi connectivity index (χ1v) is 4.32.